The van der Waals surface area contributed by atoms with E-state index in [1.165, 1.54) is 12.1 Å². The van der Waals surface area contributed by atoms with Crippen LogP contribution in [0.15, 0.2) is 30.5 Å². The maximum absolute atomic E-state index is 13.6. The van der Waals surface area contributed by atoms with E-state index in [2.05, 4.69) is 4.98 Å². The van der Waals surface area contributed by atoms with E-state index >= 15 is 0 Å². The van der Waals surface area contributed by atoms with Crippen molar-refractivity contribution < 1.29 is 4.39 Å². The molecule has 1 aromatic carbocycles. The quantitative estimate of drug-likeness (QED) is 0.888. The Hall–Kier alpha value is -1.61. The summed E-state index contributed by atoms with van der Waals surface area (Å²) in [4.78, 5) is 4.05. The molecule has 0 bridgehead atoms. The zero-order valence-electron chi connectivity index (χ0n) is 9.37. The van der Waals surface area contributed by atoms with E-state index in [0.29, 0.717) is 22.8 Å². The molecule has 0 unspecified atom stereocenters. The fourth-order valence-corrected chi connectivity index (χ4v) is 1.86. The van der Waals surface area contributed by atoms with Gasteiger partial charge in [-0.05, 0) is 41.8 Å². The average molecular weight is 251 g/mol. The Balaban J connectivity index is 2.37. The lowest BCUT2D eigenvalue weighted by atomic mass is 10.0. The highest BCUT2D eigenvalue weighted by molar-refractivity contribution is 6.30. The summed E-state index contributed by atoms with van der Waals surface area (Å²) in [5.41, 5.74) is 8.09. The Labute approximate surface area is 104 Å². The van der Waals surface area contributed by atoms with E-state index in [4.69, 9.17) is 17.3 Å². The molecular formula is C13H12ClFN2. The Kier molecular flexibility index (Phi) is 3.29. The predicted octanol–water partition coefficient (Wildman–Crippen LogP) is 3.36. The first kappa shape index (κ1) is 11.9. The number of nitrogens with two attached hydrogens (primary N) is 1. The number of nitrogens with zero attached hydrogens (tertiary/aromatic N) is 1. The molecule has 0 radical (unpaired) electrons. The second kappa shape index (κ2) is 4.72. The van der Waals surface area contributed by atoms with Crippen LogP contribution < -0.4 is 5.73 Å². The molecule has 0 aliphatic heterocycles. The summed E-state index contributed by atoms with van der Waals surface area (Å²) in [5, 5.41) is 0.514. The van der Waals surface area contributed by atoms with Gasteiger partial charge >= 0.3 is 0 Å². The van der Waals surface area contributed by atoms with Crippen molar-refractivity contribution in [3.05, 3.63) is 58.0 Å². The fourth-order valence-electron chi connectivity index (χ4n) is 1.67. The number of rotatable bonds is 2. The van der Waals surface area contributed by atoms with Gasteiger partial charge < -0.3 is 5.73 Å². The van der Waals surface area contributed by atoms with Crippen molar-refractivity contribution in [2.24, 2.45) is 0 Å². The van der Waals surface area contributed by atoms with Crippen LogP contribution in [0.3, 0.4) is 0 Å². The highest BCUT2D eigenvalue weighted by atomic mass is 35.5. The monoisotopic (exact) mass is 250 g/mol. The van der Waals surface area contributed by atoms with Gasteiger partial charge in [-0.25, -0.2) is 9.37 Å². The minimum absolute atomic E-state index is 0.282. The van der Waals surface area contributed by atoms with Crippen LogP contribution in [0.1, 0.15) is 16.7 Å². The molecule has 2 aromatic rings. The number of hydrogen-bond donors (Lipinski definition) is 1. The lowest BCUT2D eigenvalue weighted by molar-refractivity contribution is 0.614. The largest absolute Gasteiger partial charge is 0.383 e. The molecular weight excluding hydrogens is 239 g/mol. The van der Waals surface area contributed by atoms with Gasteiger partial charge in [0.2, 0.25) is 0 Å². The van der Waals surface area contributed by atoms with Crippen LogP contribution in [0.4, 0.5) is 10.2 Å². The van der Waals surface area contributed by atoms with Gasteiger partial charge in [0, 0.05) is 17.6 Å². The van der Waals surface area contributed by atoms with Crippen molar-refractivity contribution in [2.75, 3.05) is 5.73 Å². The maximum atomic E-state index is 13.6. The number of aryl methyl sites for hydroxylation is 1. The molecule has 17 heavy (non-hydrogen) atoms. The first-order valence-corrected chi connectivity index (χ1v) is 5.59. The minimum Gasteiger partial charge on any atom is -0.383 e. The van der Waals surface area contributed by atoms with Crippen LogP contribution >= 0.6 is 11.6 Å². The van der Waals surface area contributed by atoms with Crippen LogP contribution in [0.5, 0.6) is 0 Å². The van der Waals surface area contributed by atoms with Gasteiger partial charge in [-0.1, -0.05) is 17.7 Å². The van der Waals surface area contributed by atoms with Crippen molar-refractivity contribution in [1.29, 1.82) is 0 Å². The Bertz CT molecular complexity index is 506. The molecule has 4 heteroatoms. The van der Waals surface area contributed by atoms with Crippen molar-refractivity contribution in [3.63, 3.8) is 0 Å². The molecule has 1 aromatic heterocycles. The molecule has 2 N–H and O–H groups in total. The number of benzene rings is 1. The molecule has 0 spiro atoms. The lowest BCUT2D eigenvalue weighted by Gasteiger charge is -2.07. The lowest BCUT2D eigenvalue weighted by Crippen LogP contribution is -2.01. The van der Waals surface area contributed by atoms with E-state index in [9.17, 15) is 4.39 Å². The van der Waals surface area contributed by atoms with Gasteiger partial charge in [0.25, 0.3) is 0 Å². The summed E-state index contributed by atoms with van der Waals surface area (Å²) >= 11 is 5.84. The molecule has 2 nitrogen and oxygen atoms in total. The molecule has 2 rings (SSSR count). The van der Waals surface area contributed by atoms with Crippen molar-refractivity contribution >= 4 is 17.4 Å². The van der Waals surface area contributed by atoms with Crippen molar-refractivity contribution in [3.8, 4) is 0 Å². The van der Waals surface area contributed by atoms with E-state index in [0.717, 1.165) is 11.1 Å². The highest BCUT2D eigenvalue weighted by Gasteiger charge is 2.07. The van der Waals surface area contributed by atoms with Crippen LogP contribution in [0, 0.1) is 12.7 Å². The normalized spacial score (nSPS) is 10.5. The molecule has 1 heterocycles. The number of pyridine rings is 1. The Morgan fingerprint density at radius 2 is 2.06 bits per heavy atom. The molecule has 0 saturated heterocycles. The Morgan fingerprint density at radius 3 is 2.82 bits per heavy atom. The molecule has 0 aliphatic rings. The standard InChI is InChI=1S/C13H12ClFN2/c1-8-4-10(13(16)17-7-8)5-9-6-11(14)2-3-12(9)15/h2-4,6-7H,5H2,1H3,(H2,16,17). The van der Waals surface area contributed by atoms with Gasteiger partial charge in [0.15, 0.2) is 0 Å². The summed E-state index contributed by atoms with van der Waals surface area (Å²) in [7, 11) is 0. The van der Waals surface area contributed by atoms with Gasteiger partial charge in [-0.3, -0.25) is 0 Å². The third-order valence-electron chi connectivity index (χ3n) is 2.53. The molecule has 0 fully saturated rings. The third kappa shape index (κ3) is 2.74. The van der Waals surface area contributed by atoms with Crippen LogP contribution in [-0.2, 0) is 6.42 Å². The summed E-state index contributed by atoms with van der Waals surface area (Å²) in [5.74, 6) is 0.144. The number of hydrogen-bond acceptors (Lipinski definition) is 2. The molecule has 0 aliphatic carbocycles. The van der Waals surface area contributed by atoms with Crippen LogP contribution in [-0.4, -0.2) is 4.98 Å². The summed E-state index contributed by atoms with van der Waals surface area (Å²) in [6, 6.07) is 6.40. The average Bonchev–Trinajstić information content (AvgIpc) is 2.28. The van der Waals surface area contributed by atoms with Crippen molar-refractivity contribution in [1.82, 2.24) is 4.98 Å². The predicted molar refractivity (Wildman–Crippen MR) is 67.6 cm³/mol. The molecule has 0 amide bonds. The van der Waals surface area contributed by atoms with E-state index in [1.54, 1.807) is 12.3 Å². The fraction of sp³-hybridized carbons (Fsp3) is 0.154. The smallest absolute Gasteiger partial charge is 0.126 e. The summed E-state index contributed by atoms with van der Waals surface area (Å²) in [6.45, 7) is 1.92. The van der Waals surface area contributed by atoms with E-state index in [1.807, 2.05) is 13.0 Å². The minimum atomic E-state index is -0.282. The number of nitrogen functional groups attached to an aromatic ring is 1. The van der Waals surface area contributed by atoms with Gasteiger partial charge in [0.1, 0.15) is 11.6 Å². The number of halogens is 2. The molecule has 0 atom stereocenters. The zero-order chi connectivity index (χ0) is 12.4. The van der Waals surface area contributed by atoms with Crippen molar-refractivity contribution in [2.45, 2.75) is 13.3 Å². The molecule has 88 valence electrons. The maximum Gasteiger partial charge on any atom is 0.126 e. The summed E-state index contributed by atoms with van der Waals surface area (Å²) in [6.07, 6.45) is 2.08. The van der Waals surface area contributed by atoms with E-state index < -0.39 is 0 Å². The summed E-state index contributed by atoms with van der Waals surface area (Å²) < 4.78 is 13.6. The SMILES string of the molecule is Cc1cnc(N)c(Cc2cc(Cl)ccc2F)c1. The van der Waals surface area contributed by atoms with Gasteiger partial charge in [0.05, 0.1) is 0 Å². The molecule has 0 saturated carbocycles. The Morgan fingerprint density at radius 1 is 1.29 bits per heavy atom. The third-order valence-corrected chi connectivity index (χ3v) is 2.76. The first-order valence-electron chi connectivity index (χ1n) is 5.21. The van der Waals surface area contributed by atoms with Crippen LogP contribution in [0.25, 0.3) is 0 Å². The van der Waals surface area contributed by atoms with Crippen LogP contribution in [0.2, 0.25) is 5.02 Å². The number of anilines is 1. The zero-order valence-corrected chi connectivity index (χ0v) is 10.1. The van der Waals surface area contributed by atoms with E-state index in [-0.39, 0.29) is 5.82 Å². The second-order valence-corrected chi connectivity index (χ2v) is 4.41. The first-order chi connectivity index (χ1) is 8.06. The van der Waals surface area contributed by atoms with Gasteiger partial charge in [-0.2, -0.15) is 0 Å². The number of aromatic nitrogens is 1. The second-order valence-electron chi connectivity index (χ2n) is 3.97. The van der Waals surface area contributed by atoms with Gasteiger partial charge in [-0.15, -0.1) is 0 Å². The topological polar surface area (TPSA) is 38.9 Å². The highest BCUT2D eigenvalue weighted by Crippen LogP contribution is 2.20.